The molecule has 1 N–H and O–H groups in total. The molecule has 0 heterocycles. The number of amides is 1. The summed E-state index contributed by atoms with van der Waals surface area (Å²) in [5.74, 6) is 1.03. The number of rotatable bonds is 9. The Bertz CT molecular complexity index is 942. The number of hydrogen-bond acceptors (Lipinski definition) is 5. The number of aryl methyl sites for hydroxylation is 1. The van der Waals surface area contributed by atoms with Gasteiger partial charge in [0.1, 0.15) is 18.1 Å². The van der Waals surface area contributed by atoms with Crippen molar-refractivity contribution in [2.75, 3.05) is 30.8 Å². The van der Waals surface area contributed by atoms with Crippen LogP contribution in [0.1, 0.15) is 18.1 Å². The molecule has 1 amide bonds. The molecule has 0 aliphatic carbocycles. The number of anilines is 1. The standard InChI is InChI=1S/C21H28N2O5S/c1-15-7-6-8-20(16(15)2)27-14-13-22-21(24)17(3)28-19-11-9-18(10-12-19)23(4)29(5,25)26/h6-12,17H,13-14H2,1-5H3,(H,22,24)/t17-/m1/s1. The summed E-state index contributed by atoms with van der Waals surface area (Å²) in [5.41, 5.74) is 2.75. The molecule has 29 heavy (non-hydrogen) atoms. The average molecular weight is 421 g/mol. The van der Waals surface area contributed by atoms with Crippen LogP contribution in [0.5, 0.6) is 11.5 Å². The van der Waals surface area contributed by atoms with E-state index in [4.69, 9.17) is 9.47 Å². The Hall–Kier alpha value is -2.74. The van der Waals surface area contributed by atoms with Crippen molar-refractivity contribution in [2.45, 2.75) is 26.9 Å². The molecule has 0 aromatic heterocycles. The Morgan fingerprint density at radius 2 is 1.79 bits per heavy atom. The van der Waals surface area contributed by atoms with Crippen molar-refractivity contribution in [3.63, 3.8) is 0 Å². The first kappa shape index (κ1) is 22.5. The van der Waals surface area contributed by atoms with Crippen LogP contribution < -0.4 is 19.1 Å². The summed E-state index contributed by atoms with van der Waals surface area (Å²) in [6.07, 6.45) is 0.433. The lowest BCUT2D eigenvalue weighted by atomic mass is 10.1. The number of benzene rings is 2. The molecule has 2 aromatic rings. The monoisotopic (exact) mass is 420 g/mol. The Morgan fingerprint density at radius 3 is 2.41 bits per heavy atom. The molecule has 0 spiro atoms. The van der Waals surface area contributed by atoms with E-state index in [1.807, 2.05) is 32.0 Å². The van der Waals surface area contributed by atoms with Crippen molar-refractivity contribution in [2.24, 2.45) is 0 Å². The van der Waals surface area contributed by atoms with Gasteiger partial charge < -0.3 is 14.8 Å². The van der Waals surface area contributed by atoms with Gasteiger partial charge in [0.15, 0.2) is 6.10 Å². The van der Waals surface area contributed by atoms with E-state index in [9.17, 15) is 13.2 Å². The van der Waals surface area contributed by atoms with Crippen LogP contribution in [-0.4, -0.2) is 46.9 Å². The van der Waals surface area contributed by atoms with E-state index in [0.29, 0.717) is 24.6 Å². The van der Waals surface area contributed by atoms with Gasteiger partial charge >= 0.3 is 0 Å². The first-order valence-corrected chi connectivity index (χ1v) is 11.1. The zero-order valence-corrected chi connectivity index (χ0v) is 18.2. The second kappa shape index (κ2) is 9.65. The Labute approximate surface area is 172 Å². The van der Waals surface area contributed by atoms with Crippen molar-refractivity contribution in [1.29, 1.82) is 0 Å². The maximum Gasteiger partial charge on any atom is 0.260 e. The molecule has 0 saturated heterocycles. The summed E-state index contributed by atoms with van der Waals surface area (Å²) in [4.78, 5) is 12.2. The molecule has 158 valence electrons. The fraction of sp³-hybridized carbons (Fsp3) is 0.381. The van der Waals surface area contributed by atoms with Gasteiger partial charge in [0.05, 0.1) is 18.5 Å². The Kier molecular flexibility index (Phi) is 7.50. The van der Waals surface area contributed by atoms with E-state index in [1.54, 1.807) is 31.2 Å². The van der Waals surface area contributed by atoms with Crippen LogP contribution >= 0.6 is 0 Å². The number of sulfonamides is 1. The summed E-state index contributed by atoms with van der Waals surface area (Å²) >= 11 is 0. The van der Waals surface area contributed by atoms with Crippen LogP contribution in [0.15, 0.2) is 42.5 Å². The topological polar surface area (TPSA) is 84.9 Å². The minimum atomic E-state index is -3.33. The third-order valence-electron chi connectivity index (χ3n) is 4.59. The summed E-state index contributed by atoms with van der Waals surface area (Å²) in [7, 11) is -1.85. The van der Waals surface area contributed by atoms with Crippen LogP contribution in [0, 0.1) is 13.8 Å². The molecule has 0 saturated carbocycles. The van der Waals surface area contributed by atoms with Crippen molar-refractivity contribution in [1.82, 2.24) is 5.32 Å². The minimum Gasteiger partial charge on any atom is -0.491 e. The molecule has 0 aliphatic rings. The van der Waals surface area contributed by atoms with Crippen LogP contribution in [-0.2, 0) is 14.8 Å². The van der Waals surface area contributed by atoms with Crippen molar-refractivity contribution >= 4 is 21.6 Å². The molecule has 0 fully saturated rings. The molecule has 7 nitrogen and oxygen atoms in total. The highest BCUT2D eigenvalue weighted by molar-refractivity contribution is 7.92. The van der Waals surface area contributed by atoms with E-state index in [1.165, 1.54) is 11.4 Å². The highest BCUT2D eigenvalue weighted by Gasteiger charge is 2.15. The number of nitrogens with one attached hydrogen (secondary N) is 1. The van der Waals surface area contributed by atoms with Gasteiger partial charge in [-0.15, -0.1) is 0 Å². The number of nitrogens with zero attached hydrogens (tertiary/aromatic N) is 1. The molecule has 0 radical (unpaired) electrons. The van der Waals surface area contributed by atoms with Crippen LogP contribution in [0.25, 0.3) is 0 Å². The number of ether oxygens (including phenoxy) is 2. The van der Waals surface area contributed by atoms with Gasteiger partial charge in [0.25, 0.3) is 5.91 Å². The van der Waals surface area contributed by atoms with Crippen molar-refractivity contribution in [3.05, 3.63) is 53.6 Å². The van der Waals surface area contributed by atoms with E-state index in [2.05, 4.69) is 5.32 Å². The summed E-state index contributed by atoms with van der Waals surface area (Å²) in [6.45, 7) is 6.39. The van der Waals surface area contributed by atoms with Gasteiger partial charge in [-0.05, 0) is 62.2 Å². The first-order valence-electron chi connectivity index (χ1n) is 9.27. The fourth-order valence-corrected chi connectivity index (χ4v) is 3.05. The predicted molar refractivity (Wildman–Crippen MR) is 114 cm³/mol. The number of carbonyl (C=O) groups excluding carboxylic acids is 1. The molecule has 0 bridgehead atoms. The second-order valence-corrected chi connectivity index (χ2v) is 8.84. The highest BCUT2D eigenvalue weighted by Crippen LogP contribution is 2.21. The summed E-state index contributed by atoms with van der Waals surface area (Å²) in [6, 6.07) is 12.4. The predicted octanol–water partition coefficient (Wildman–Crippen LogP) is 2.66. The van der Waals surface area contributed by atoms with E-state index >= 15 is 0 Å². The largest absolute Gasteiger partial charge is 0.491 e. The maximum absolute atomic E-state index is 12.2. The summed E-state index contributed by atoms with van der Waals surface area (Å²) in [5, 5.41) is 2.78. The highest BCUT2D eigenvalue weighted by atomic mass is 32.2. The first-order chi connectivity index (χ1) is 13.6. The normalized spacial score (nSPS) is 12.2. The quantitative estimate of drug-likeness (QED) is 0.631. The molecular formula is C21H28N2O5S. The third kappa shape index (κ3) is 6.39. The third-order valence-corrected chi connectivity index (χ3v) is 5.80. The molecule has 2 aromatic carbocycles. The Balaban J connectivity index is 1.81. The molecule has 0 unspecified atom stereocenters. The van der Waals surface area contributed by atoms with Gasteiger partial charge in [0.2, 0.25) is 10.0 Å². The lowest BCUT2D eigenvalue weighted by molar-refractivity contribution is -0.127. The zero-order valence-electron chi connectivity index (χ0n) is 17.4. The second-order valence-electron chi connectivity index (χ2n) is 6.82. The molecular weight excluding hydrogens is 392 g/mol. The summed E-state index contributed by atoms with van der Waals surface area (Å²) < 4.78 is 35.6. The van der Waals surface area contributed by atoms with E-state index in [-0.39, 0.29) is 5.91 Å². The van der Waals surface area contributed by atoms with Crippen molar-refractivity contribution in [3.8, 4) is 11.5 Å². The number of carbonyl (C=O) groups is 1. The van der Waals surface area contributed by atoms with Gasteiger partial charge in [-0.2, -0.15) is 0 Å². The average Bonchev–Trinajstić information content (AvgIpc) is 2.67. The van der Waals surface area contributed by atoms with Crippen LogP contribution in [0.2, 0.25) is 0 Å². The Morgan fingerprint density at radius 1 is 1.14 bits per heavy atom. The lowest BCUT2D eigenvalue weighted by Crippen LogP contribution is -2.38. The zero-order chi connectivity index (χ0) is 21.6. The maximum atomic E-state index is 12.2. The number of hydrogen-bond donors (Lipinski definition) is 1. The van der Waals surface area contributed by atoms with E-state index in [0.717, 1.165) is 23.1 Å². The minimum absolute atomic E-state index is 0.258. The van der Waals surface area contributed by atoms with Gasteiger partial charge in [-0.3, -0.25) is 9.10 Å². The molecule has 0 aliphatic heterocycles. The molecule has 2 rings (SSSR count). The van der Waals surface area contributed by atoms with Gasteiger partial charge in [-0.1, -0.05) is 12.1 Å². The van der Waals surface area contributed by atoms with Crippen LogP contribution in [0.3, 0.4) is 0 Å². The lowest BCUT2D eigenvalue weighted by Gasteiger charge is -2.18. The fourth-order valence-electron chi connectivity index (χ4n) is 2.54. The SMILES string of the molecule is Cc1cccc(OCCNC(=O)[C@@H](C)Oc2ccc(N(C)S(C)(=O)=O)cc2)c1C. The van der Waals surface area contributed by atoms with E-state index < -0.39 is 16.1 Å². The smallest absolute Gasteiger partial charge is 0.260 e. The molecule has 1 atom stereocenters. The van der Waals surface area contributed by atoms with Crippen LogP contribution in [0.4, 0.5) is 5.69 Å². The van der Waals surface area contributed by atoms with Gasteiger partial charge in [0, 0.05) is 7.05 Å². The molecule has 8 heteroatoms. The van der Waals surface area contributed by atoms with Gasteiger partial charge in [-0.25, -0.2) is 8.42 Å². The van der Waals surface area contributed by atoms with Crippen molar-refractivity contribution < 1.29 is 22.7 Å².